The average molecular weight is 731 g/mol. The van der Waals surface area contributed by atoms with Gasteiger partial charge in [-0.05, 0) is 56.4 Å². The summed E-state index contributed by atoms with van der Waals surface area (Å²) in [7, 11) is 1.57. The van der Waals surface area contributed by atoms with E-state index in [0.29, 0.717) is 40.5 Å². The number of aromatic nitrogens is 2. The number of carbonyl (C=O) groups excluding carboxylic acids is 6. The van der Waals surface area contributed by atoms with Gasteiger partial charge in [-0.3, -0.25) is 39.0 Å². The van der Waals surface area contributed by atoms with E-state index in [4.69, 9.17) is 9.47 Å². The summed E-state index contributed by atoms with van der Waals surface area (Å²) in [5, 5.41) is 8.31. The molecule has 1 aliphatic carbocycles. The number of thiazole rings is 1. The smallest absolute Gasteiger partial charge is 0.266 e. The van der Waals surface area contributed by atoms with Crippen LogP contribution < -0.4 is 25.4 Å². The second-order valence-electron chi connectivity index (χ2n) is 13.1. The minimum absolute atomic E-state index is 0.0287. The summed E-state index contributed by atoms with van der Waals surface area (Å²) in [5.41, 5.74) is 1.11. The zero-order chi connectivity index (χ0) is 36.6. The largest absolute Gasteiger partial charge is 0.493 e. The molecule has 3 aromatic rings. The number of rotatable bonds is 18. The van der Waals surface area contributed by atoms with Gasteiger partial charge in [-0.25, -0.2) is 9.97 Å². The fourth-order valence-electron chi connectivity index (χ4n) is 6.21. The van der Waals surface area contributed by atoms with Crippen LogP contribution in [-0.2, 0) is 14.4 Å². The van der Waals surface area contributed by atoms with Gasteiger partial charge in [0, 0.05) is 31.1 Å². The second kappa shape index (κ2) is 16.9. The number of piperidine rings is 1. The fraction of sp³-hybridized carbons (Fsp3) is 0.459. The molecule has 1 saturated heterocycles. The molecule has 6 amide bonds. The lowest BCUT2D eigenvalue weighted by atomic mass is 10.0. The highest BCUT2D eigenvalue weighted by Crippen LogP contribution is 2.35. The minimum atomic E-state index is -1.01. The number of ether oxygens (including phenoxy) is 2. The summed E-state index contributed by atoms with van der Waals surface area (Å²) >= 11 is 1.23. The molecule has 3 aliphatic rings. The lowest BCUT2D eigenvalue weighted by molar-refractivity contribution is -0.136. The van der Waals surface area contributed by atoms with Crippen molar-refractivity contribution in [1.82, 2.24) is 25.5 Å². The fourth-order valence-corrected chi connectivity index (χ4v) is 7.16. The molecule has 2 aromatic heterocycles. The van der Waals surface area contributed by atoms with Crippen molar-refractivity contribution in [2.45, 2.75) is 83.1 Å². The van der Waals surface area contributed by atoms with Gasteiger partial charge >= 0.3 is 0 Å². The van der Waals surface area contributed by atoms with E-state index < -0.39 is 29.7 Å². The quantitative estimate of drug-likeness (QED) is 0.120. The minimum Gasteiger partial charge on any atom is -0.493 e. The first-order valence-corrected chi connectivity index (χ1v) is 18.7. The van der Waals surface area contributed by atoms with Crippen molar-refractivity contribution in [3.05, 3.63) is 52.5 Å². The zero-order valence-corrected chi connectivity index (χ0v) is 29.9. The van der Waals surface area contributed by atoms with E-state index in [1.54, 1.807) is 43.6 Å². The van der Waals surface area contributed by atoms with Crippen LogP contribution in [0.5, 0.6) is 11.6 Å². The van der Waals surface area contributed by atoms with Gasteiger partial charge in [-0.1, -0.05) is 44.6 Å². The molecule has 1 atom stereocenters. The monoisotopic (exact) mass is 730 g/mol. The van der Waals surface area contributed by atoms with Gasteiger partial charge in [0.15, 0.2) is 4.88 Å². The van der Waals surface area contributed by atoms with Crippen LogP contribution in [0.25, 0.3) is 10.6 Å². The maximum Gasteiger partial charge on any atom is 0.266 e. The highest BCUT2D eigenvalue weighted by atomic mass is 32.1. The normalized spacial score (nSPS) is 16.8. The predicted octanol–water partition coefficient (Wildman–Crippen LogP) is 4.89. The van der Waals surface area contributed by atoms with E-state index in [0.717, 1.165) is 74.7 Å². The summed E-state index contributed by atoms with van der Waals surface area (Å²) in [6.45, 7) is 0.829. The number of amides is 6. The van der Waals surface area contributed by atoms with Gasteiger partial charge in [-0.2, -0.15) is 0 Å². The number of benzene rings is 1. The molecule has 1 saturated carbocycles. The molecule has 6 rings (SSSR count). The molecule has 15 heteroatoms. The summed E-state index contributed by atoms with van der Waals surface area (Å²) in [4.78, 5) is 85.0. The molecule has 0 bridgehead atoms. The van der Waals surface area contributed by atoms with Crippen molar-refractivity contribution in [3.8, 4) is 22.2 Å². The van der Waals surface area contributed by atoms with Crippen molar-refractivity contribution in [2.24, 2.45) is 5.92 Å². The Hall–Kier alpha value is -5.18. The first-order chi connectivity index (χ1) is 25.2. The van der Waals surface area contributed by atoms with Crippen LogP contribution in [-0.4, -0.2) is 76.6 Å². The van der Waals surface area contributed by atoms with Crippen LogP contribution in [0.4, 0.5) is 5.82 Å². The number of anilines is 1. The molecule has 52 heavy (non-hydrogen) atoms. The van der Waals surface area contributed by atoms with E-state index in [2.05, 4.69) is 25.9 Å². The number of nitrogens with one attached hydrogen (secondary N) is 3. The Kier molecular flexibility index (Phi) is 11.9. The number of carbonyl (C=O) groups is 6. The summed E-state index contributed by atoms with van der Waals surface area (Å²) in [6.07, 6.45) is 11.3. The lowest BCUT2D eigenvalue weighted by Crippen LogP contribution is -2.54. The number of hydrogen-bond acceptors (Lipinski definition) is 11. The Balaban J connectivity index is 0.873. The Morgan fingerprint density at radius 1 is 0.923 bits per heavy atom. The molecule has 4 heterocycles. The van der Waals surface area contributed by atoms with Crippen LogP contribution in [0.1, 0.15) is 107 Å². The van der Waals surface area contributed by atoms with Crippen LogP contribution in [0, 0.1) is 5.92 Å². The van der Waals surface area contributed by atoms with Gasteiger partial charge in [-0.15, -0.1) is 11.3 Å². The van der Waals surface area contributed by atoms with Gasteiger partial charge in [0.05, 0.1) is 24.3 Å². The highest BCUT2D eigenvalue weighted by Gasteiger charge is 2.46. The van der Waals surface area contributed by atoms with Gasteiger partial charge < -0.3 is 20.1 Å². The molecule has 14 nitrogen and oxygen atoms in total. The number of unbranched alkanes of at least 4 members (excludes halogenated alkanes) is 7. The Morgan fingerprint density at radius 3 is 2.33 bits per heavy atom. The summed E-state index contributed by atoms with van der Waals surface area (Å²) in [5.74, 6) is -1.35. The van der Waals surface area contributed by atoms with Crippen LogP contribution >= 0.6 is 11.3 Å². The molecule has 274 valence electrons. The third-order valence-corrected chi connectivity index (χ3v) is 10.3. The zero-order valence-electron chi connectivity index (χ0n) is 29.0. The SMILES string of the molecule is CNC(=O)c1sc(-c2ccnc(NC(=O)C3CC3)c2)nc1OCCCCCCCCCCOc1cccc2c1C(=O)N(C1CCC(=O)NC1=O)C2=O. The van der Waals surface area contributed by atoms with Crippen molar-refractivity contribution >= 4 is 52.6 Å². The first-order valence-electron chi connectivity index (χ1n) is 17.9. The molecule has 2 aliphatic heterocycles. The number of pyridine rings is 1. The van der Waals surface area contributed by atoms with Gasteiger partial charge in [0.25, 0.3) is 17.7 Å². The van der Waals surface area contributed by atoms with E-state index in [1.807, 2.05) is 0 Å². The van der Waals surface area contributed by atoms with Crippen LogP contribution in [0.15, 0.2) is 36.5 Å². The molecule has 0 spiro atoms. The van der Waals surface area contributed by atoms with Crippen molar-refractivity contribution in [2.75, 3.05) is 25.6 Å². The molecule has 2 fully saturated rings. The molecule has 3 N–H and O–H groups in total. The van der Waals surface area contributed by atoms with Crippen LogP contribution in [0.3, 0.4) is 0 Å². The number of nitrogens with zero attached hydrogens (tertiary/aromatic N) is 3. The highest BCUT2D eigenvalue weighted by molar-refractivity contribution is 7.17. The van der Waals surface area contributed by atoms with E-state index >= 15 is 0 Å². The Bertz CT molecular complexity index is 1860. The van der Waals surface area contributed by atoms with E-state index in [-0.39, 0.29) is 41.7 Å². The number of imide groups is 2. The predicted molar refractivity (Wildman–Crippen MR) is 191 cm³/mol. The number of hydrogen-bond donors (Lipinski definition) is 3. The molecular weight excluding hydrogens is 689 g/mol. The lowest BCUT2D eigenvalue weighted by Gasteiger charge is -2.27. The van der Waals surface area contributed by atoms with Crippen molar-refractivity contribution in [3.63, 3.8) is 0 Å². The maximum absolute atomic E-state index is 13.2. The van der Waals surface area contributed by atoms with E-state index in [1.165, 1.54) is 11.3 Å². The van der Waals surface area contributed by atoms with Crippen molar-refractivity contribution < 1.29 is 38.2 Å². The standard InChI is InChI=1S/C37H42N6O8S/c1-38-33(47)30-34(42-35(52-30)23-17-18-39-27(21-23)40-31(45)22-13-14-22)51-20-9-7-5-3-2-4-6-8-19-50-26-12-10-11-24-29(26)37(49)43(36(24)48)25-15-16-28(44)41-32(25)46/h10-12,17-18,21-22,25H,2-9,13-16,19-20H2,1H3,(H,38,47)(H,39,40,45)(H,41,44,46). The van der Waals surface area contributed by atoms with Gasteiger partial charge in [0.1, 0.15) is 22.6 Å². The Morgan fingerprint density at radius 2 is 1.63 bits per heavy atom. The first kappa shape index (κ1) is 36.6. The summed E-state index contributed by atoms with van der Waals surface area (Å²) < 4.78 is 11.9. The van der Waals surface area contributed by atoms with Gasteiger partial charge in [0.2, 0.25) is 23.6 Å². The second-order valence-corrected chi connectivity index (χ2v) is 14.1. The molecular formula is C37H42N6O8S. The third kappa shape index (κ3) is 8.64. The van der Waals surface area contributed by atoms with Crippen LogP contribution in [0.2, 0.25) is 0 Å². The topological polar surface area (TPSA) is 186 Å². The van der Waals surface area contributed by atoms with Crippen molar-refractivity contribution in [1.29, 1.82) is 0 Å². The average Bonchev–Trinajstić information content (AvgIpc) is 3.86. The molecule has 1 unspecified atom stereocenters. The Labute approximate surface area is 305 Å². The third-order valence-electron chi connectivity index (χ3n) is 9.20. The number of fused-ring (bicyclic) bond motifs is 1. The molecule has 1 aromatic carbocycles. The molecule has 0 radical (unpaired) electrons. The maximum atomic E-state index is 13.2. The summed E-state index contributed by atoms with van der Waals surface area (Å²) in [6, 6.07) is 7.39. The van der Waals surface area contributed by atoms with E-state index in [9.17, 15) is 28.8 Å².